The molecule has 116 valence electrons. The average molecular weight is 296 g/mol. The van der Waals surface area contributed by atoms with Crippen LogP contribution in [0.25, 0.3) is 0 Å². The lowest BCUT2D eigenvalue weighted by molar-refractivity contribution is -0.121. The number of benzene rings is 1. The van der Waals surface area contributed by atoms with Crippen molar-refractivity contribution in [1.29, 1.82) is 0 Å². The van der Waals surface area contributed by atoms with Gasteiger partial charge in [0.15, 0.2) is 0 Å². The summed E-state index contributed by atoms with van der Waals surface area (Å²) in [5.41, 5.74) is 0.0848. The van der Waals surface area contributed by atoms with Crippen molar-refractivity contribution < 1.29 is 24.2 Å². The third-order valence-corrected chi connectivity index (χ3v) is 2.79. The normalized spacial score (nSPS) is 10.0. The number of phenolic OH excluding ortho intramolecular Hbond substituents is 1. The molecule has 1 rings (SSSR count). The molecule has 0 aromatic heterocycles. The van der Waals surface area contributed by atoms with E-state index in [4.69, 9.17) is 9.47 Å². The molecule has 0 unspecified atom stereocenters. The fourth-order valence-corrected chi connectivity index (χ4v) is 1.65. The van der Waals surface area contributed by atoms with Crippen LogP contribution < -0.4 is 10.1 Å². The second-order valence-corrected chi connectivity index (χ2v) is 4.39. The highest BCUT2D eigenvalue weighted by Crippen LogP contribution is 2.23. The van der Waals surface area contributed by atoms with Crippen LogP contribution in [-0.4, -0.2) is 62.8 Å². The highest BCUT2D eigenvalue weighted by atomic mass is 16.5. The Balaban J connectivity index is 2.67. The molecule has 0 radical (unpaired) electrons. The summed E-state index contributed by atoms with van der Waals surface area (Å²) in [6, 6.07) is 4.35. The predicted molar refractivity (Wildman–Crippen MR) is 76.5 cm³/mol. The minimum Gasteiger partial charge on any atom is -0.507 e. The van der Waals surface area contributed by atoms with E-state index in [0.717, 1.165) is 0 Å². The van der Waals surface area contributed by atoms with Crippen molar-refractivity contribution in [2.75, 3.05) is 41.0 Å². The number of rotatable bonds is 7. The Morgan fingerprint density at radius 3 is 2.67 bits per heavy atom. The Kier molecular flexibility index (Phi) is 6.48. The standard InChI is InChI=1S/C14H20N2O5/c1-16(9-13(18)15-6-7-20-2)14(19)11-8-10(21-3)4-5-12(11)17/h4-5,8,17H,6-7,9H2,1-3H3,(H,15,18). The van der Waals surface area contributed by atoms with Crippen LogP contribution in [0.5, 0.6) is 11.5 Å². The van der Waals surface area contributed by atoms with Gasteiger partial charge in [-0.15, -0.1) is 0 Å². The SMILES string of the molecule is COCCNC(=O)CN(C)C(=O)c1cc(OC)ccc1O. The molecular weight excluding hydrogens is 276 g/mol. The lowest BCUT2D eigenvalue weighted by Gasteiger charge is -2.17. The molecule has 0 aliphatic carbocycles. The number of phenols is 1. The Bertz CT molecular complexity index is 504. The smallest absolute Gasteiger partial charge is 0.257 e. The van der Waals surface area contributed by atoms with Gasteiger partial charge in [-0.25, -0.2) is 0 Å². The zero-order valence-electron chi connectivity index (χ0n) is 12.4. The van der Waals surface area contributed by atoms with Crippen molar-refractivity contribution in [2.24, 2.45) is 0 Å². The first-order chi connectivity index (χ1) is 9.99. The number of nitrogens with one attached hydrogen (secondary N) is 1. The van der Waals surface area contributed by atoms with Crippen molar-refractivity contribution >= 4 is 11.8 Å². The lowest BCUT2D eigenvalue weighted by atomic mass is 10.1. The fraction of sp³-hybridized carbons (Fsp3) is 0.429. The van der Waals surface area contributed by atoms with Gasteiger partial charge in [-0.3, -0.25) is 9.59 Å². The number of methoxy groups -OCH3 is 2. The monoisotopic (exact) mass is 296 g/mol. The molecular formula is C14H20N2O5. The minimum absolute atomic E-state index is 0.0848. The Hall–Kier alpha value is -2.28. The van der Waals surface area contributed by atoms with Crippen LogP contribution in [0, 0.1) is 0 Å². The highest BCUT2D eigenvalue weighted by molar-refractivity contribution is 5.98. The Morgan fingerprint density at radius 1 is 1.33 bits per heavy atom. The number of likely N-dealkylation sites (N-methyl/N-ethyl adjacent to an activating group) is 1. The zero-order chi connectivity index (χ0) is 15.8. The molecule has 0 aliphatic heterocycles. The first-order valence-corrected chi connectivity index (χ1v) is 6.37. The molecule has 1 aromatic carbocycles. The molecule has 2 amide bonds. The van der Waals surface area contributed by atoms with Crippen molar-refractivity contribution in [3.05, 3.63) is 23.8 Å². The molecule has 1 aromatic rings. The molecule has 0 bridgehead atoms. The lowest BCUT2D eigenvalue weighted by Crippen LogP contribution is -2.39. The van der Waals surface area contributed by atoms with Crippen LogP contribution in [0.3, 0.4) is 0 Å². The molecule has 0 atom stereocenters. The van der Waals surface area contributed by atoms with Gasteiger partial charge in [0.1, 0.15) is 11.5 Å². The fourth-order valence-electron chi connectivity index (χ4n) is 1.65. The van der Waals surface area contributed by atoms with Gasteiger partial charge in [0.05, 0.1) is 25.8 Å². The van der Waals surface area contributed by atoms with E-state index in [9.17, 15) is 14.7 Å². The molecule has 7 nitrogen and oxygen atoms in total. The van der Waals surface area contributed by atoms with Crippen molar-refractivity contribution in [3.8, 4) is 11.5 Å². The van der Waals surface area contributed by atoms with Crippen LogP contribution in [0.1, 0.15) is 10.4 Å². The highest BCUT2D eigenvalue weighted by Gasteiger charge is 2.18. The second-order valence-electron chi connectivity index (χ2n) is 4.39. The van der Waals surface area contributed by atoms with Crippen LogP contribution in [0.15, 0.2) is 18.2 Å². The van der Waals surface area contributed by atoms with Gasteiger partial charge in [-0.1, -0.05) is 0 Å². The molecule has 0 saturated heterocycles. The number of carbonyl (C=O) groups is 2. The first-order valence-electron chi connectivity index (χ1n) is 6.37. The number of ether oxygens (including phenoxy) is 2. The number of hydrogen-bond donors (Lipinski definition) is 2. The molecule has 0 aliphatic rings. The summed E-state index contributed by atoms with van der Waals surface area (Å²) in [6.07, 6.45) is 0. The van der Waals surface area contributed by atoms with E-state index >= 15 is 0 Å². The topological polar surface area (TPSA) is 88.1 Å². The molecule has 0 heterocycles. The first kappa shape index (κ1) is 16.8. The molecule has 0 spiro atoms. The molecule has 2 N–H and O–H groups in total. The molecule has 7 heteroatoms. The second kappa shape index (κ2) is 8.11. The van der Waals surface area contributed by atoms with E-state index in [1.54, 1.807) is 6.07 Å². The number of aromatic hydroxyl groups is 1. The maximum absolute atomic E-state index is 12.2. The molecule has 0 saturated carbocycles. The predicted octanol–water partition coefficient (Wildman–Crippen LogP) is 0.235. The van der Waals surface area contributed by atoms with Gasteiger partial charge < -0.3 is 24.8 Å². The Labute approximate surface area is 123 Å². The maximum atomic E-state index is 12.2. The van der Waals surface area contributed by atoms with Gasteiger partial charge in [0, 0.05) is 20.7 Å². The number of nitrogens with zero attached hydrogens (tertiary/aromatic N) is 1. The maximum Gasteiger partial charge on any atom is 0.257 e. The quantitative estimate of drug-likeness (QED) is 0.704. The van der Waals surface area contributed by atoms with E-state index in [2.05, 4.69) is 5.32 Å². The number of hydrogen-bond acceptors (Lipinski definition) is 5. The van der Waals surface area contributed by atoms with Crippen molar-refractivity contribution in [2.45, 2.75) is 0 Å². The summed E-state index contributed by atoms with van der Waals surface area (Å²) < 4.78 is 9.82. The Morgan fingerprint density at radius 2 is 2.05 bits per heavy atom. The summed E-state index contributed by atoms with van der Waals surface area (Å²) in [7, 11) is 4.48. The third-order valence-electron chi connectivity index (χ3n) is 2.79. The third kappa shape index (κ3) is 4.96. The van der Waals surface area contributed by atoms with E-state index in [1.807, 2.05) is 0 Å². The van der Waals surface area contributed by atoms with Crippen LogP contribution in [0.4, 0.5) is 0 Å². The average Bonchev–Trinajstić information content (AvgIpc) is 2.47. The van der Waals surface area contributed by atoms with Crippen LogP contribution >= 0.6 is 0 Å². The number of carbonyl (C=O) groups excluding carboxylic acids is 2. The number of amides is 2. The summed E-state index contributed by atoms with van der Waals surface area (Å²) in [5, 5.41) is 12.4. The van der Waals surface area contributed by atoms with Gasteiger partial charge in [-0.05, 0) is 18.2 Å². The van der Waals surface area contributed by atoms with Crippen LogP contribution in [0.2, 0.25) is 0 Å². The van der Waals surface area contributed by atoms with Gasteiger partial charge in [-0.2, -0.15) is 0 Å². The van der Waals surface area contributed by atoms with E-state index < -0.39 is 5.91 Å². The summed E-state index contributed by atoms with van der Waals surface area (Å²) in [6.45, 7) is 0.668. The summed E-state index contributed by atoms with van der Waals surface area (Å²) >= 11 is 0. The summed E-state index contributed by atoms with van der Waals surface area (Å²) in [4.78, 5) is 25.0. The van der Waals surface area contributed by atoms with Crippen molar-refractivity contribution in [1.82, 2.24) is 10.2 Å². The van der Waals surface area contributed by atoms with E-state index in [-0.39, 0.29) is 23.8 Å². The molecule has 21 heavy (non-hydrogen) atoms. The minimum atomic E-state index is -0.465. The summed E-state index contributed by atoms with van der Waals surface area (Å²) in [5.74, 6) is -0.472. The van der Waals surface area contributed by atoms with E-state index in [1.165, 1.54) is 38.3 Å². The van der Waals surface area contributed by atoms with Crippen molar-refractivity contribution in [3.63, 3.8) is 0 Å². The van der Waals surface area contributed by atoms with Gasteiger partial charge in [0.2, 0.25) is 5.91 Å². The van der Waals surface area contributed by atoms with Gasteiger partial charge >= 0.3 is 0 Å². The zero-order valence-corrected chi connectivity index (χ0v) is 12.4. The van der Waals surface area contributed by atoms with Crippen LogP contribution in [-0.2, 0) is 9.53 Å². The van der Waals surface area contributed by atoms with E-state index in [0.29, 0.717) is 18.9 Å². The van der Waals surface area contributed by atoms with Gasteiger partial charge in [0.25, 0.3) is 5.91 Å². The molecule has 0 fully saturated rings. The largest absolute Gasteiger partial charge is 0.507 e.